The maximum atomic E-state index is 12.5. The van der Waals surface area contributed by atoms with Crippen molar-refractivity contribution in [3.05, 3.63) is 57.3 Å². The third kappa shape index (κ3) is 3.03. The standard InChI is InChI=1S/C17H18N4O2S/c1-20(2)17-19-11(10-24-17)9-18-16(23)13-8-15(22)21(3)14-7-5-4-6-12(13)14/h4-8,10H,9H2,1-3H3,(H,18,23). The lowest BCUT2D eigenvalue weighted by Gasteiger charge is -2.10. The molecule has 2 heterocycles. The summed E-state index contributed by atoms with van der Waals surface area (Å²) in [7, 11) is 5.55. The number of hydrogen-bond acceptors (Lipinski definition) is 5. The molecule has 1 N–H and O–H groups in total. The number of carbonyl (C=O) groups is 1. The molecule has 0 aliphatic carbocycles. The second kappa shape index (κ2) is 6.45. The molecule has 24 heavy (non-hydrogen) atoms. The molecule has 0 saturated carbocycles. The van der Waals surface area contributed by atoms with E-state index in [-0.39, 0.29) is 11.5 Å². The molecule has 1 aromatic carbocycles. The Kier molecular flexibility index (Phi) is 4.35. The number of pyridine rings is 1. The first-order valence-electron chi connectivity index (χ1n) is 7.46. The van der Waals surface area contributed by atoms with Gasteiger partial charge in [0.1, 0.15) is 0 Å². The van der Waals surface area contributed by atoms with Crippen LogP contribution < -0.4 is 15.8 Å². The summed E-state index contributed by atoms with van der Waals surface area (Å²) in [6.45, 7) is 0.326. The number of carbonyl (C=O) groups excluding carboxylic acids is 1. The Morgan fingerprint density at radius 3 is 2.79 bits per heavy atom. The van der Waals surface area contributed by atoms with Gasteiger partial charge in [0, 0.05) is 38.0 Å². The van der Waals surface area contributed by atoms with Crippen molar-refractivity contribution in [2.24, 2.45) is 7.05 Å². The molecule has 0 fully saturated rings. The van der Waals surface area contributed by atoms with E-state index < -0.39 is 0 Å². The van der Waals surface area contributed by atoms with E-state index in [1.54, 1.807) is 7.05 Å². The molecule has 0 spiro atoms. The minimum Gasteiger partial charge on any atom is -0.354 e. The maximum absolute atomic E-state index is 12.5. The molecule has 0 unspecified atom stereocenters. The SMILES string of the molecule is CN(C)c1nc(CNC(=O)c2cc(=O)n(C)c3ccccc23)cs1. The van der Waals surface area contributed by atoms with Crippen molar-refractivity contribution in [2.75, 3.05) is 19.0 Å². The van der Waals surface area contributed by atoms with Crippen LogP contribution in [0.2, 0.25) is 0 Å². The quantitative estimate of drug-likeness (QED) is 0.787. The fourth-order valence-corrected chi connectivity index (χ4v) is 3.21. The van der Waals surface area contributed by atoms with E-state index in [0.29, 0.717) is 12.1 Å². The molecule has 1 amide bonds. The fourth-order valence-electron chi connectivity index (χ4n) is 2.45. The zero-order chi connectivity index (χ0) is 17.3. The van der Waals surface area contributed by atoms with Crippen LogP contribution in [0.1, 0.15) is 16.1 Å². The van der Waals surface area contributed by atoms with Gasteiger partial charge < -0.3 is 14.8 Å². The molecule has 3 rings (SSSR count). The Labute approximate surface area is 143 Å². The van der Waals surface area contributed by atoms with E-state index in [1.165, 1.54) is 22.0 Å². The lowest BCUT2D eigenvalue weighted by molar-refractivity contribution is 0.0952. The summed E-state index contributed by atoms with van der Waals surface area (Å²) in [5, 5.41) is 6.40. The Hall–Kier alpha value is -2.67. The van der Waals surface area contributed by atoms with Crippen molar-refractivity contribution in [3.8, 4) is 0 Å². The highest BCUT2D eigenvalue weighted by Gasteiger charge is 2.14. The predicted octanol–water partition coefficient (Wildman–Crippen LogP) is 1.99. The number of nitrogens with one attached hydrogen (secondary N) is 1. The second-order valence-electron chi connectivity index (χ2n) is 5.67. The highest BCUT2D eigenvalue weighted by atomic mass is 32.1. The van der Waals surface area contributed by atoms with Gasteiger partial charge in [0.2, 0.25) is 0 Å². The van der Waals surface area contributed by atoms with Crippen molar-refractivity contribution in [3.63, 3.8) is 0 Å². The number of amides is 1. The van der Waals surface area contributed by atoms with Gasteiger partial charge in [-0.3, -0.25) is 9.59 Å². The number of aromatic nitrogens is 2. The number of benzene rings is 1. The Balaban J connectivity index is 1.86. The van der Waals surface area contributed by atoms with E-state index in [2.05, 4.69) is 10.3 Å². The first kappa shape index (κ1) is 16.2. The fraction of sp³-hybridized carbons (Fsp3) is 0.235. The van der Waals surface area contributed by atoms with E-state index in [0.717, 1.165) is 21.7 Å². The van der Waals surface area contributed by atoms with Gasteiger partial charge in [-0.05, 0) is 6.07 Å². The van der Waals surface area contributed by atoms with Crippen LogP contribution in [0.3, 0.4) is 0 Å². The molecule has 0 radical (unpaired) electrons. The molecule has 2 aromatic heterocycles. The van der Waals surface area contributed by atoms with Gasteiger partial charge in [0.15, 0.2) is 5.13 Å². The highest BCUT2D eigenvalue weighted by Crippen LogP contribution is 2.19. The van der Waals surface area contributed by atoms with Crippen molar-refractivity contribution in [2.45, 2.75) is 6.54 Å². The molecule has 7 heteroatoms. The first-order valence-corrected chi connectivity index (χ1v) is 8.34. The predicted molar refractivity (Wildman–Crippen MR) is 96.8 cm³/mol. The molecule has 0 aliphatic heterocycles. The van der Waals surface area contributed by atoms with Gasteiger partial charge in [-0.1, -0.05) is 18.2 Å². The van der Waals surface area contributed by atoms with E-state index in [4.69, 9.17) is 0 Å². The van der Waals surface area contributed by atoms with Crippen molar-refractivity contribution < 1.29 is 4.79 Å². The molecule has 0 aliphatic rings. The summed E-state index contributed by atoms with van der Waals surface area (Å²) < 4.78 is 1.54. The van der Waals surface area contributed by atoms with Crippen molar-refractivity contribution in [1.82, 2.24) is 14.9 Å². The minimum absolute atomic E-state index is 0.206. The van der Waals surface area contributed by atoms with Crippen molar-refractivity contribution in [1.29, 1.82) is 0 Å². The van der Waals surface area contributed by atoms with Crippen LogP contribution in [-0.4, -0.2) is 29.6 Å². The molecule has 0 atom stereocenters. The monoisotopic (exact) mass is 342 g/mol. The number of hydrogen-bond donors (Lipinski definition) is 1. The number of fused-ring (bicyclic) bond motifs is 1. The van der Waals surface area contributed by atoms with E-state index >= 15 is 0 Å². The van der Waals surface area contributed by atoms with Crippen LogP contribution in [0, 0.1) is 0 Å². The van der Waals surface area contributed by atoms with E-state index in [1.807, 2.05) is 48.6 Å². The number of anilines is 1. The lowest BCUT2D eigenvalue weighted by atomic mass is 10.1. The van der Waals surface area contributed by atoms with Crippen LogP contribution >= 0.6 is 11.3 Å². The zero-order valence-electron chi connectivity index (χ0n) is 13.7. The van der Waals surface area contributed by atoms with E-state index in [9.17, 15) is 9.59 Å². The van der Waals surface area contributed by atoms with Crippen LogP contribution in [0.25, 0.3) is 10.9 Å². The topological polar surface area (TPSA) is 67.2 Å². The number of aryl methyl sites for hydroxylation is 1. The van der Waals surface area contributed by atoms with Gasteiger partial charge in [-0.25, -0.2) is 4.98 Å². The lowest BCUT2D eigenvalue weighted by Crippen LogP contribution is -2.26. The highest BCUT2D eigenvalue weighted by molar-refractivity contribution is 7.13. The number of para-hydroxylation sites is 1. The molecule has 6 nitrogen and oxygen atoms in total. The van der Waals surface area contributed by atoms with Gasteiger partial charge in [-0.15, -0.1) is 11.3 Å². The summed E-state index contributed by atoms with van der Waals surface area (Å²) in [6, 6.07) is 8.76. The number of thiazole rings is 1. The van der Waals surface area contributed by atoms with Crippen LogP contribution in [-0.2, 0) is 13.6 Å². The zero-order valence-corrected chi connectivity index (χ0v) is 14.6. The Bertz CT molecular complexity index is 959. The summed E-state index contributed by atoms with van der Waals surface area (Å²) in [6.07, 6.45) is 0. The van der Waals surface area contributed by atoms with Crippen LogP contribution in [0.4, 0.5) is 5.13 Å². The summed E-state index contributed by atoms with van der Waals surface area (Å²) >= 11 is 1.52. The Morgan fingerprint density at radius 1 is 1.33 bits per heavy atom. The smallest absolute Gasteiger partial charge is 0.252 e. The average Bonchev–Trinajstić information content (AvgIpc) is 3.05. The van der Waals surface area contributed by atoms with Gasteiger partial charge >= 0.3 is 0 Å². The average molecular weight is 342 g/mol. The first-order chi connectivity index (χ1) is 11.5. The largest absolute Gasteiger partial charge is 0.354 e. The third-order valence-electron chi connectivity index (χ3n) is 3.75. The maximum Gasteiger partial charge on any atom is 0.252 e. The third-order valence-corrected chi connectivity index (χ3v) is 4.81. The summed E-state index contributed by atoms with van der Waals surface area (Å²) in [4.78, 5) is 31.0. The van der Waals surface area contributed by atoms with Gasteiger partial charge in [0.05, 0.1) is 23.3 Å². The Morgan fingerprint density at radius 2 is 2.08 bits per heavy atom. The van der Waals surface area contributed by atoms with Gasteiger partial charge in [0.25, 0.3) is 11.5 Å². The molecular formula is C17H18N4O2S. The molecule has 124 valence electrons. The normalized spacial score (nSPS) is 10.8. The van der Waals surface area contributed by atoms with Crippen LogP contribution in [0.5, 0.6) is 0 Å². The summed E-state index contributed by atoms with van der Waals surface area (Å²) in [5.41, 5.74) is 1.71. The van der Waals surface area contributed by atoms with Crippen LogP contribution in [0.15, 0.2) is 40.5 Å². The molecule has 3 aromatic rings. The number of rotatable bonds is 4. The molecule has 0 bridgehead atoms. The van der Waals surface area contributed by atoms with Gasteiger partial charge in [-0.2, -0.15) is 0 Å². The summed E-state index contributed by atoms with van der Waals surface area (Å²) in [5.74, 6) is -0.275. The number of nitrogens with zero attached hydrogens (tertiary/aromatic N) is 3. The molecular weight excluding hydrogens is 324 g/mol. The second-order valence-corrected chi connectivity index (χ2v) is 6.51. The molecule has 0 saturated heterocycles. The minimum atomic E-state index is -0.275. The van der Waals surface area contributed by atoms with Crippen molar-refractivity contribution >= 4 is 33.3 Å².